The predicted octanol–water partition coefficient (Wildman–Crippen LogP) is 1.87. The highest BCUT2D eigenvalue weighted by atomic mass is 32.2. The fourth-order valence-electron chi connectivity index (χ4n) is 3.63. The topological polar surface area (TPSA) is 136 Å². The highest BCUT2D eigenvalue weighted by Crippen LogP contribution is 2.42. The van der Waals surface area contributed by atoms with Crippen molar-refractivity contribution < 1.29 is 59.1 Å². The van der Waals surface area contributed by atoms with Gasteiger partial charge in [0.25, 0.3) is 0 Å². The highest BCUT2D eigenvalue weighted by Gasteiger charge is 2.61. The molecule has 33 heavy (non-hydrogen) atoms. The van der Waals surface area contributed by atoms with Gasteiger partial charge in [-0.3, -0.25) is 9.59 Å². The third-order valence-corrected chi connectivity index (χ3v) is 6.34. The third-order valence-electron chi connectivity index (χ3n) is 5.41. The molecular weight excluding hydrogens is 480 g/mol. The van der Waals surface area contributed by atoms with Crippen molar-refractivity contribution in [1.29, 1.82) is 0 Å². The summed E-state index contributed by atoms with van der Waals surface area (Å²) in [5.41, 5.74) is 0.194. The Labute approximate surface area is 184 Å². The SMILES string of the molecule is O=C(OC1CC(C(=O)OCCC(F)(F)C(F)(F)S(=O)(=O)[O-])C2CC1OC2=O)c1ccccc1. The van der Waals surface area contributed by atoms with Gasteiger partial charge in [0.15, 0.2) is 10.1 Å². The van der Waals surface area contributed by atoms with Crippen LogP contribution in [0.1, 0.15) is 29.6 Å². The van der Waals surface area contributed by atoms with Crippen molar-refractivity contribution in [2.45, 2.75) is 42.6 Å². The monoisotopic (exact) mass is 497 g/mol. The molecule has 1 aromatic carbocycles. The van der Waals surface area contributed by atoms with Crippen molar-refractivity contribution in [3.05, 3.63) is 35.9 Å². The lowest BCUT2D eigenvalue weighted by molar-refractivity contribution is -0.177. The van der Waals surface area contributed by atoms with Gasteiger partial charge in [-0.15, -0.1) is 0 Å². The van der Waals surface area contributed by atoms with Gasteiger partial charge in [-0.05, 0) is 12.1 Å². The summed E-state index contributed by atoms with van der Waals surface area (Å²) >= 11 is 0. The number of rotatable bonds is 8. The van der Waals surface area contributed by atoms with Crippen LogP contribution in [0.2, 0.25) is 0 Å². The van der Waals surface area contributed by atoms with Crippen LogP contribution in [0.4, 0.5) is 17.6 Å². The molecule has 9 nitrogen and oxygen atoms in total. The molecule has 0 radical (unpaired) electrons. The maximum absolute atomic E-state index is 13.5. The fraction of sp³-hybridized carbons (Fsp3) is 0.526. The number of ether oxygens (including phenoxy) is 3. The molecule has 14 heteroatoms. The maximum atomic E-state index is 13.5. The van der Waals surface area contributed by atoms with E-state index < -0.39 is 76.3 Å². The summed E-state index contributed by atoms with van der Waals surface area (Å²) in [5.74, 6) is -10.4. The molecule has 1 aliphatic carbocycles. The van der Waals surface area contributed by atoms with Crippen LogP contribution in [0.15, 0.2) is 30.3 Å². The minimum atomic E-state index is -6.67. The number of benzene rings is 1. The molecule has 4 atom stereocenters. The van der Waals surface area contributed by atoms with Crippen molar-refractivity contribution in [2.24, 2.45) is 11.8 Å². The van der Waals surface area contributed by atoms with Gasteiger partial charge in [-0.1, -0.05) is 18.2 Å². The van der Waals surface area contributed by atoms with Crippen molar-refractivity contribution >= 4 is 28.0 Å². The lowest BCUT2D eigenvalue weighted by Gasteiger charge is -2.31. The predicted molar refractivity (Wildman–Crippen MR) is 96.9 cm³/mol. The number of carbonyl (C=O) groups excluding carboxylic acids is 3. The lowest BCUT2D eigenvalue weighted by atomic mass is 9.78. The summed E-state index contributed by atoms with van der Waals surface area (Å²) < 4.78 is 99.6. The summed E-state index contributed by atoms with van der Waals surface area (Å²) in [6.45, 7) is -1.35. The number of hydrogen-bond acceptors (Lipinski definition) is 9. The second-order valence-electron chi connectivity index (χ2n) is 7.56. The first-order valence-electron chi connectivity index (χ1n) is 9.59. The Bertz CT molecular complexity index is 1030. The molecule has 0 amide bonds. The molecule has 4 unspecified atom stereocenters. The molecule has 0 spiro atoms. The van der Waals surface area contributed by atoms with E-state index in [9.17, 15) is 44.9 Å². The maximum Gasteiger partial charge on any atom is 0.396 e. The molecule has 2 bridgehead atoms. The van der Waals surface area contributed by atoms with Gasteiger partial charge in [0.2, 0.25) is 0 Å². The van der Waals surface area contributed by atoms with Crippen LogP contribution in [0, 0.1) is 11.8 Å². The Balaban J connectivity index is 1.64. The van der Waals surface area contributed by atoms with Crippen molar-refractivity contribution in [3.63, 3.8) is 0 Å². The Morgan fingerprint density at radius 1 is 1.12 bits per heavy atom. The molecule has 1 saturated carbocycles. The number of esters is 3. The quantitative estimate of drug-likeness (QED) is 0.228. The van der Waals surface area contributed by atoms with Gasteiger partial charge in [-0.25, -0.2) is 13.2 Å². The fourth-order valence-corrected chi connectivity index (χ4v) is 4.10. The molecule has 0 N–H and O–H groups in total. The summed E-state index contributed by atoms with van der Waals surface area (Å²) in [5, 5.41) is -5.91. The van der Waals surface area contributed by atoms with Crippen molar-refractivity contribution in [3.8, 4) is 0 Å². The Morgan fingerprint density at radius 2 is 1.76 bits per heavy atom. The minimum absolute atomic E-state index is 0.0198. The standard InChI is InChI=1S/C19H18F4O9S/c20-18(21,19(22,23)33(27,28)29)6-7-30-16(25)11-8-13(14-9-12(11)17(26)32-14)31-15(24)10-4-2-1-3-5-10/h1-5,11-14H,6-9H2,(H,27,28,29)/p-1. The van der Waals surface area contributed by atoms with E-state index in [1.807, 2.05) is 0 Å². The van der Waals surface area contributed by atoms with Crippen molar-refractivity contribution in [2.75, 3.05) is 6.61 Å². The Kier molecular flexibility index (Phi) is 6.71. The van der Waals surface area contributed by atoms with E-state index in [0.717, 1.165) is 0 Å². The molecular formula is C19H17F4O9S-. The van der Waals surface area contributed by atoms with Crippen LogP contribution in [0.25, 0.3) is 0 Å². The number of hydrogen-bond donors (Lipinski definition) is 0. The van der Waals surface area contributed by atoms with Gasteiger partial charge < -0.3 is 18.8 Å². The van der Waals surface area contributed by atoms with E-state index in [0.29, 0.717) is 0 Å². The van der Waals surface area contributed by atoms with Gasteiger partial charge in [0.1, 0.15) is 12.2 Å². The van der Waals surface area contributed by atoms with Crippen molar-refractivity contribution in [1.82, 2.24) is 0 Å². The molecule has 1 aliphatic heterocycles. The third kappa shape index (κ3) is 4.95. The molecule has 3 rings (SSSR count). The summed E-state index contributed by atoms with van der Waals surface area (Å²) in [7, 11) is -6.67. The van der Waals surface area contributed by atoms with Crippen LogP contribution in [0.3, 0.4) is 0 Å². The van der Waals surface area contributed by atoms with E-state index in [1.54, 1.807) is 18.2 Å². The van der Waals surface area contributed by atoms with E-state index in [4.69, 9.17) is 9.47 Å². The molecule has 2 fully saturated rings. The smallest absolute Gasteiger partial charge is 0.396 e. The second kappa shape index (κ2) is 8.89. The zero-order valence-electron chi connectivity index (χ0n) is 16.6. The second-order valence-corrected chi connectivity index (χ2v) is 8.98. The van der Waals surface area contributed by atoms with E-state index in [2.05, 4.69) is 4.74 Å². The van der Waals surface area contributed by atoms with Crippen LogP contribution >= 0.6 is 0 Å². The average molecular weight is 497 g/mol. The molecule has 1 saturated heterocycles. The molecule has 1 aromatic rings. The number of fused-ring (bicyclic) bond motifs is 2. The molecule has 182 valence electrons. The molecule has 1 heterocycles. The van der Waals surface area contributed by atoms with Gasteiger partial charge >= 0.3 is 29.1 Å². The number of carbonyl (C=O) groups is 3. The first-order chi connectivity index (χ1) is 15.2. The Hall–Kier alpha value is -2.74. The Morgan fingerprint density at radius 3 is 2.36 bits per heavy atom. The van der Waals surface area contributed by atoms with Gasteiger partial charge in [0.05, 0.1) is 30.4 Å². The summed E-state index contributed by atoms with van der Waals surface area (Å²) in [6, 6.07) is 7.77. The van der Waals surface area contributed by atoms with E-state index >= 15 is 0 Å². The van der Waals surface area contributed by atoms with Crippen LogP contribution in [-0.4, -0.2) is 60.9 Å². The summed E-state index contributed by atoms with van der Waals surface area (Å²) in [4.78, 5) is 36.7. The number of alkyl halides is 4. The molecule has 2 aliphatic rings. The van der Waals surface area contributed by atoms with Crippen LogP contribution in [-0.2, 0) is 33.9 Å². The lowest BCUT2D eigenvalue weighted by Crippen LogP contribution is -2.47. The zero-order chi connectivity index (χ0) is 24.6. The zero-order valence-corrected chi connectivity index (χ0v) is 17.4. The van der Waals surface area contributed by atoms with Crippen LogP contribution in [0.5, 0.6) is 0 Å². The first-order valence-corrected chi connectivity index (χ1v) is 11.0. The largest absolute Gasteiger partial charge is 0.743 e. The summed E-state index contributed by atoms with van der Waals surface area (Å²) in [6.07, 6.45) is -4.10. The van der Waals surface area contributed by atoms with Gasteiger partial charge in [0, 0.05) is 12.8 Å². The van der Waals surface area contributed by atoms with Gasteiger partial charge in [-0.2, -0.15) is 17.6 Å². The van der Waals surface area contributed by atoms with E-state index in [1.165, 1.54) is 12.1 Å². The minimum Gasteiger partial charge on any atom is -0.743 e. The first kappa shape index (κ1) is 24.9. The average Bonchev–Trinajstić information content (AvgIpc) is 3.06. The molecule has 0 aromatic heterocycles. The van der Waals surface area contributed by atoms with Crippen LogP contribution < -0.4 is 0 Å². The van der Waals surface area contributed by atoms with E-state index in [-0.39, 0.29) is 18.4 Å². The number of halogens is 4. The normalized spacial score (nSPS) is 25.3. The highest BCUT2D eigenvalue weighted by molar-refractivity contribution is 7.86.